The standard InChI is InChI=1S/C37H47N7O7S/c1-21(2)29-15-17-44(41-29)36-38-31-22(3)30(50-5)14-13-26(31)33(39-36)51-24-18-27-28(19-24)34(46)43(4)16-9-7-6-8-10-23-20-37(23,40-32(27)45)35(47)42-52(48,49)25-11-12-25/h8,10,13-15,17,21,23-25,27-28H,6-7,9,11-12,16,18-20H2,1-5H3,(H,40,45)(H,42,47)/b10-8-/t23-,24-,27-,28-,37-/m1/s1. The molecule has 3 heterocycles. The number of carbonyl (C=O) groups is 3. The van der Waals surface area contributed by atoms with Crippen LogP contribution in [0.2, 0.25) is 0 Å². The van der Waals surface area contributed by atoms with Gasteiger partial charge in [-0.3, -0.25) is 19.1 Å². The van der Waals surface area contributed by atoms with Crippen LogP contribution in [0.5, 0.6) is 11.6 Å². The first-order valence-corrected chi connectivity index (χ1v) is 19.7. The number of rotatable bonds is 8. The molecule has 14 nitrogen and oxygen atoms in total. The largest absolute Gasteiger partial charge is 0.496 e. The van der Waals surface area contributed by atoms with Crippen molar-refractivity contribution >= 4 is 38.6 Å². The lowest BCUT2D eigenvalue weighted by Crippen LogP contribution is -2.54. The Kier molecular flexibility index (Phi) is 9.51. The summed E-state index contributed by atoms with van der Waals surface area (Å²) in [6, 6.07) is 5.57. The first kappa shape index (κ1) is 35.9. The fraction of sp³-hybridized carbons (Fsp3) is 0.568. The molecule has 52 heavy (non-hydrogen) atoms. The molecule has 0 saturated heterocycles. The summed E-state index contributed by atoms with van der Waals surface area (Å²) in [6.45, 7) is 6.56. The Morgan fingerprint density at radius 2 is 1.87 bits per heavy atom. The maximum Gasteiger partial charge on any atom is 0.259 e. The van der Waals surface area contributed by atoms with E-state index in [1.807, 2.05) is 37.3 Å². The van der Waals surface area contributed by atoms with Crippen molar-refractivity contribution in [3.63, 3.8) is 0 Å². The second-order valence-electron chi connectivity index (χ2n) is 15.0. The zero-order valence-corrected chi connectivity index (χ0v) is 31.1. The maximum absolute atomic E-state index is 14.3. The van der Waals surface area contributed by atoms with Crippen LogP contribution in [-0.2, 0) is 24.4 Å². The SMILES string of the molecule is COc1ccc2c(O[C@@H]3C[C@H]4C(=O)N[C@]5(C(=O)NS(=O)(=O)C6CC6)C[C@H]5/C=C\CCCCN(C)C(=O)[C@@H]4C3)nc(-n3ccc(C(C)C)n3)nc2c1C. The van der Waals surface area contributed by atoms with Crippen LogP contribution in [0.4, 0.5) is 0 Å². The normalized spacial score (nSPS) is 27.4. The highest BCUT2D eigenvalue weighted by Crippen LogP contribution is 2.47. The number of amides is 3. The molecule has 3 saturated carbocycles. The minimum absolute atomic E-state index is 0.174. The van der Waals surface area contributed by atoms with Crippen molar-refractivity contribution in [2.75, 3.05) is 20.7 Å². The van der Waals surface area contributed by atoms with Gasteiger partial charge in [0.1, 0.15) is 17.4 Å². The zero-order valence-electron chi connectivity index (χ0n) is 30.3. The van der Waals surface area contributed by atoms with Crippen molar-refractivity contribution < 1.29 is 32.3 Å². The summed E-state index contributed by atoms with van der Waals surface area (Å²) in [5.74, 6) is -1.85. The molecule has 2 N–H and O–H groups in total. The van der Waals surface area contributed by atoms with Crippen LogP contribution in [0.3, 0.4) is 0 Å². The Morgan fingerprint density at radius 1 is 1.10 bits per heavy atom. The second-order valence-corrected chi connectivity index (χ2v) is 17.0. The molecule has 0 radical (unpaired) electrons. The average molecular weight is 734 g/mol. The third-order valence-corrected chi connectivity index (χ3v) is 12.7. The number of sulfonamides is 1. The minimum atomic E-state index is -3.84. The molecule has 0 spiro atoms. The number of aryl methyl sites for hydroxylation is 1. The number of aromatic nitrogens is 4. The molecule has 4 aliphatic rings. The number of ether oxygens (including phenoxy) is 2. The molecule has 0 bridgehead atoms. The Bertz CT molecular complexity index is 2040. The molecule has 1 aliphatic heterocycles. The van der Waals surface area contributed by atoms with Crippen LogP contribution in [0, 0.1) is 24.7 Å². The predicted molar refractivity (Wildman–Crippen MR) is 192 cm³/mol. The molecule has 15 heteroatoms. The second kappa shape index (κ2) is 13.8. The van der Waals surface area contributed by atoms with Crippen LogP contribution >= 0.6 is 0 Å². The van der Waals surface area contributed by atoms with Gasteiger partial charge in [-0.05, 0) is 82.4 Å². The molecule has 3 aromatic rings. The lowest BCUT2D eigenvalue weighted by Gasteiger charge is -2.26. The van der Waals surface area contributed by atoms with Crippen molar-refractivity contribution in [1.29, 1.82) is 0 Å². The quantitative estimate of drug-likeness (QED) is 0.325. The van der Waals surface area contributed by atoms with Gasteiger partial charge in [0.2, 0.25) is 27.7 Å². The van der Waals surface area contributed by atoms with Crippen LogP contribution in [-0.4, -0.2) is 88.4 Å². The Labute approximate surface area is 303 Å². The number of methoxy groups -OCH3 is 1. The first-order chi connectivity index (χ1) is 24.8. The van der Waals surface area contributed by atoms with Gasteiger partial charge in [0.15, 0.2) is 0 Å². The van der Waals surface area contributed by atoms with Gasteiger partial charge in [-0.2, -0.15) is 10.1 Å². The summed E-state index contributed by atoms with van der Waals surface area (Å²) in [5.41, 5.74) is 0.878. The van der Waals surface area contributed by atoms with Gasteiger partial charge < -0.3 is 19.7 Å². The van der Waals surface area contributed by atoms with E-state index in [-0.39, 0.29) is 42.9 Å². The number of allylic oxidation sites excluding steroid dienone is 1. The van der Waals surface area contributed by atoms with Crippen molar-refractivity contribution in [2.24, 2.45) is 17.8 Å². The smallest absolute Gasteiger partial charge is 0.259 e. The van der Waals surface area contributed by atoms with Crippen LogP contribution in [0.25, 0.3) is 16.9 Å². The Morgan fingerprint density at radius 3 is 2.58 bits per heavy atom. The predicted octanol–water partition coefficient (Wildman–Crippen LogP) is 3.71. The van der Waals surface area contributed by atoms with Gasteiger partial charge in [0.05, 0.1) is 40.8 Å². The fourth-order valence-corrected chi connectivity index (χ4v) is 8.86. The summed E-state index contributed by atoms with van der Waals surface area (Å²) < 4.78 is 41.6. The van der Waals surface area contributed by atoms with Crippen molar-refractivity contribution in [3.8, 4) is 17.6 Å². The topological polar surface area (TPSA) is 175 Å². The maximum atomic E-state index is 14.3. The number of carbonyl (C=O) groups excluding carboxylic acids is 3. The van der Waals surface area contributed by atoms with Gasteiger partial charge in [-0.25, -0.2) is 18.1 Å². The van der Waals surface area contributed by atoms with Crippen molar-refractivity contribution in [2.45, 2.75) is 94.9 Å². The molecule has 1 aromatic carbocycles. The van der Waals surface area contributed by atoms with E-state index in [1.165, 1.54) is 0 Å². The van der Waals surface area contributed by atoms with E-state index in [2.05, 4.69) is 29.0 Å². The number of benzene rings is 1. The lowest BCUT2D eigenvalue weighted by molar-refractivity contribution is -0.140. The summed E-state index contributed by atoms with van der Waals surface area (Å²) in [5, 5.41) is 7.68. The highest BCUT2D eigenvalue weighted by atomic mass is 32.2. The molecule has 3 amide bonds. The van der Waals surface area contributed by atoms with Crippen LogP contribution in [0.15, 0.2) is 36.5 Å². The monoisotopic (exact) mass is 733 g/mol. The van der Waals surface area contributed by atoms with Crippen LogP contribution in [0.1, 0.15) is 82.4 Å². The summed E-state index contributed by atoms with van der Waals surface area (Å²) >= 11 is 0. The third-order valence-electron chi connectivity index (χ3n) is 10.9. The molecule has 0 unspecified atom stereocenters. The third kappa shape index (κ3) is 6.86. The van der Waals surface area contributed by atoms with Crippen LogP contribution < -0.4 is 19.5 Å². The molecular formula is C37H47N7O7S. The van der Waals surface area contributed by atoms with Gasteiger partial charge in [0, 0.05) is 31.3 Å². The number of nitrogens with one attached hydrogen (secondary N) is 2. The number of fused-ring (bicyclic) bond motifs is 3. The number of hydrogen-bond acceptors (Lipinski definition) is 10. The van der Waals surface area contributed by atoms with Crippen molar-refractivity contribution in [1.82, 2.24) is 34.7 Å². The van der Waals surface area contributed by atoms with E-state index in [9.17, 15) is 22.8 Å². The van der Waals surface area contributed by atoms with E-state index in [1.54, 1.807) is 29.9 Å². The molecular weight excluding hydrogens is 687 g/mol. The van der Waals surface area contributed by atoms with Gasteiger partial charge >= 0.3 is 0 Å². The fourth-order valence-electron chi connectivity index (χ4n) is 7.49. The summed E-state index contributed by atoms with van der Waals surface area (Å²) in [6.07, 6.45) is 9.16. The molecule has 5 atom stereocenters. The van der Waals surface area contributed by atoms with Gasteiger partial charge in [-0.1, -0.05) is 26.0 Å². The molecule has 3 aliphatic carbocycles. The number of nitrogens with zero attached hydrogens (tertiary/aromatic N) is 5. The molecule has 3 fully saturated rings. The Hall–Kier alpha value is -4.53. The number of hydrogen-bond donors (Lipinski definition) is 2. The summed E-state index contributed by atoms with van der Waals surface area (Å²) in [7, 11) is -0.493. The summed E-state index contributed by atoms with van der Waals surface area (Å²) in [4.78, 5) is 53.2. The zero-order chi connectivity index (χ0) is 36.9. The van der Waals surface area contributed by atoms with Crippen molar-refractivity contribution in [3.05, 3.63) is 47.8 Å². The highest BCUT2D eigenvalue weighted by Gasteiger charge is 2.62. The minimum Gasteiger partial charge on any atom is -0.496 e. The van der Waals surface area contributed by atoms with E-state index in [0.717, 1.165) is 30.5 Å². The Balaban J connectivity index is 1.21. The molecule has 7 rings (SSSR count). The highest BCUT2D eigenvalue weighted by molar-refractivity contribution is 7.91. The van der Waals surface area contributed by atoms with E-state index in [4.69, 9.17) is 19.4 Å². The van der Waals surface area contributed by atoms with E-state index in [0.29, 0.717) is 42.0 Å². The van der Waals surface area contributed by atoms with E-state index < -0.39 is 50.6 Å². The molecule has 2 aromatic heterocycles. The van der Waals surface area contributed by atoms with Gasteiger partial charge in [0.25, 0.3) is 11.9 Å². The average Bonchev–Trinajstić information content (AvgIpc) is 3.98. The van der Waals surface area contributed by atoms with Gasteiger partial charge in [-0.15, -0.1) is 0 Å². The molecule has 278 valence electrons. The van der Waals surface area contributed by atoms with E-state index >= 15 is 0 Å². The lowest BCUT2D eigenvalue weighted by atomic mass is 9.93. The first-order valence-electron chi connectivity index (χ1n) is 18.2.